The minimum atomic E-state index is -0.716. The molecule has 0 saturated heterocycles. The van der Waals surface area contributed by atoms with E-state index in [1.54, 1.807) is 25.1 Å². The maximum atomic E-state index is 12.0. The summed E-state index contributed by atoms with van der Waals surface area (Å²) in [5.74, 6) is 0.704. The first kappa shape index (κ1) is 15.5. The zero-order valence-electron chi connectivity index (χ0n) is 12.3. The summed E-state index contributed by atoms with van der Waals surface area (Å²) in [6, 6.07) is 7.24. The lowest BCUT2D eigenvalue weighted by atomic mass is 9.94. The fourth-order valence-corrected chi connectivity index (χ4v) is 1.87. The summed E-state index contributed by atoms with van der Waals surface area (Å²) < 4.78 is 5.12. The van der Waals surface area contributed by atoms with Crippen LogP contribution in [0, 0.1) is 5.41 Å². The van der Waals surface area contributed by atoms with Gasteiger partial charge in [-0.25, -0.2) is 0 Å². The molecule has 1 rings (SSSR count). The number of hydrogen-bond acceptors (Lipinski definition) is 3. The third-order valence-electron chi connectivity index (χ3n) is 2.91. The zero-order valence-corrected chi connectivity index (χ0v) is 12.3. The number of hydrogen-bond donors (Lipinski definition) is 1. The van der Waals surface area contributed by atoms with Crippen molar-refractivity contribution in [1.82, 2.24) is 4.90 Å². The van der Waals surface area contributed by atoms with Crippen molar-refractivity contribution in [2.45, 2.75) is 26.9 Å². The highest BCUT2D eigenvalue weighted by molar-refractivity contribution is 5.81. The molecule has 106 valence electrons. The predicted molar refractivity (Wildman–Crippen MR) is 75.0 cm³/mol. The lowest BCUT2D eigenvalue weighted by Crippen LogP contribution is -2.38. The molecule has 0 bridgehead atoms. The lowest BCUT2D eigenvalue weighted by Gasteiger charge is -2.27. The van der Waals surface area contributed by atoms with Crippen LogP contribution < -0.4 is 4.74 Å². The van der Waals surface area contributed by atoms with Gasteiger partial charge in [0.05, 0.1) is 19.8 Å². The first-order chi connectivity index (χ1) is 8.75. The van der Waals surface area contributed by atoms with Gasteiger partial charge in [-0.2, -0.15) is 0 Å². The molecular weight excluding hydrogens is 242 g/mol. The SMILES string of the molecule is COc1cccc(C(O)CN(C)C(=O)C(C)(C)C)c1. The number of methoxy groups -OCH3 is 1. The highest BCUT2D eigenvalue weighted by Gasteiger charge is 2.26. The third kappa shape index (κ3) is 4.24. The third-order valence-corrected chi connectivity index (χ3v) is 2.91. The van der Waals surface area contributed by atoms with Gasteiger partial charge < -0.3 is 14.7 Å². The van der Waals surface area contributed by atoms with Crippen LogP contribution in [0.1, 0.15) is 32.4 Å². The first-order valence-corrected chi connectivity index (χ1v) is 6.33. The van der Waals surface area contributed by atoms with E-state index in [9.17, 15) is 9.90 Å². The largest absolute Gasteiger partial charge is 0.497 e. The molecule has 0 aromatic heterocycles. The van der Waals surface area contributed by atoms with Gasteiger partial charge in [0.15, 0.2) is 0 Å². The second-order valence-corrected chi connectivity index (χ2v) is 5.73. The molecule has 0 fully saturated rings. The second-order valence-electron chi connectivity index (χ2n) is 5.73. The maximum Gasteiger partial charge on any atom is 0.227 e. The monoisotopic (exact) mass is 265 g/mol. The number of likely N-dealkylation sites (N-methyl/N-ethyl adjacent to an activating group) is 1. The summed E-state index contributed by atoms with van der Waals surface area (Å²) in [6.45, 7) is 5.86. The van der Waals surface area contributed by atoms with Gasteiger partial charge in [0.1, 0.15) is 5.75 Å². The molecule has 1 unspecified atom stereocenters. The second kappa shape index (κ2) is 6.06. The standard InChI is InChI=1S/C15H23NO3/c1-15(2,3)14(18)16(4)10-13(17)11-7-6-8-12(9-11)19-5/h6-9,13,17H,10H2,1-5H3. The Labute approximate surface area is 115 Å². The molecule has 1 aromatic rings. The van der Waals surface area contributed by atoms with Crippen molar-refractivity contribution in [3.05, 3.63) is 29.8 Å². The molecular formula is C15H23NO3. The molecule has 1 N–H and O–H groups in total. The molecule has 0 spiro atoms. The number of rotatable bonds is 4. The van der Waals surface area contributed by atoms with Crippen molar-refractivity contribution in [3.63, 3.8) is 0 Å². The van der Waals surface area contributed by atoms with Gasteiger partial charge in [0.2, 0.25) is 5.91 Å². The molecule has 19 heavy (non-hydrogen) atoms. The highest BCUT2D eigenvalue weighted by Crippen LogP contribution is 2.22. The van der Waals surface area contributed by atoms with Crippen LogP contribution in [0.3, 0.4) is 0 Å². The number of aliphatic hydroxyl groups excluding tert-OH is 1. The normalized spacial score (nSPS) is 12.9. The number of amides is 1. The maximum absolute atomic E-state index is 12.0. The van der Waals surface area contributed by atoms with Crippen molar-refractivity contribution >= 4 is 5.91 Å². The lowest BCUT2D eigenvalue weighted by molar-refractivity contribution is -0.139. The van der Waals surface area contributed by atoms with Crippen LogP contribution >= 0.6 is 0 Å². The summed E-state index contributed by atoms with van der Waals surface area (Å²) in [7, 11) is 3.29. The van der Waals surface area contributed by atoms with E-state index in [4.69, 9.17) is 4.74 Å². The van der Waals surface area contributed by atoms with Crippen LogP contribution in [0.25, 0.3) is 0 Å². The van der Waals surface area contributed by atoms with Crippen LogP contribution in [0.2, 0.25) is 0 Å². The summed E-state index contributed by atoms with van der Waals surface area (Å²) in [6.07, 6.45) is -0.716. The molecule has 0 aliphatic rings. The minimum Gasteiger partial charge on any atom is -0.497 e. The summed E-state index contributed by atoms with van der Waals surface area (Å²) >= 11 is 0. The van der Waals surface area contributed by atoms with E-state index in [1.165, 1.54) is 0 Å². The Kier molecular flexibility index (Phi) is 4.95. The average molecular weight is 265 g/mol. The van der Waals surface area contributed by atoms with E-state index in [0.29, 0.717) is 5.75 Å². The molecule has 1 aromatic carbocycles. The van der Waals surface area contributed by atoms with E-state index in [0.717, 1.165) is 5.56 Å². The van der Waals surface area contributed by atoms with Gasteiger partial charge in [-0.05, 0) is 17.7 Å². The highest BCUT2D eigenvalue weighted by atomic mass is 16.5. The molecule has 0 aliphatic heterocycles. The van der Waals surface area contributed by atoms with E-state index in [-0.39, 0.29) is 12.5 Å². The Balaban J connectivity index is 2.73. The fourth-order valence-electron chi connectivity index (χ4n) is 1.87. The van der Waals surface area contributed by atoms with Crippen molar-refractivity contribution in [1.29, 1.82) is 0 Å². The smallest absolute Gasteiger partial charge is 0.227 e. The quantitative estimate of drug-likeness (QED) is 0.908. The van der Waals surface area contributed by atoms with Gasteiger partial charge in [-0.3, -0.25) is 4.79 Å². The number of nitrogens with zero attached hydrogens (tertiary/aromatic N) is 1. The Morgan fingerprint density at radius 1 is 1.42 bits per heavy atom. The van der Waals surface area contributed by atoms with Gasteiger partial charge in [0, 0.05) is 12.5 Å². The molecule has 0 radical (unpaired) electrons. The van der Waals surface area contributed by atoms with Crippen molar-refractivity contribution in [2.75, 3.05) is 20.7 Å². The Morgan fingerprint density at radius 3 is 2.58 bits per heavy atom. The zero-order chi connectivity index (χ0) is 14.6. The van der Waals surface area contributed by atoms with Crippen LogP contribution in [0.15, 0.2) is 24.3 Å². The van der Waals surface area contributed by atoms with E-state index in [2.05, 4.69) is 0 Å². The Morgan fingerprint density at radius 2 is 2.05 bits per heavy atom. The molecule has 4 nitrogen and oxygen atoms in total. The summed E-state index contributed by atoms with van der Waals surface area (Å²) in [4.78, 5) is 13.6. The topological polar surface area (TPSA) is 49.8 Å². The van der Waals surface area contributed by atoms with Gasteiger partial charge in [0.25, 0.3) is 0 Å². The number of carbonyl (C=O) groups excluding carboxylic acids is 1. The number of carbonyl (C=O) groups is 1. The van der Waals surface area contributed by atoms with Gasteiger partial charge in [-0.1, -0.05) is 32.9 Å². The van der Waals surface area contributed by atoms with E-state index < -0.39 is 11.5 Å². The fraction of sp³-hybridized carbons (Fsp3) is 0.533. The van der Waals surface area contributed by atoms with E-state index in [1.807, 2.05) is 39.0 Å². The van der Waals surface area contributed by atoms with E-state index >= 15 is 0 Å². The van der Waals surface area contributed by atoms with Crippen LogP contribution in [0.4, 0.5) is 0 Å². The number of aliphatic hydroxyl groups is 1. The summed E-state index contributed by atoms with van der Waals surface area (Å²) in [5.41, 5.74) is 0.302. The predicted octanol–water partition coefficient (Wildman–Crippen LogP) is 2.23. The molecule has 4 heteroatoms. The minimum absolute atomic E-state index is 0.00875. The van der Waals surface area contributed by atoms with Crippen molar-refractivity contribution in [3.8, 4) is 5.75 Å². The van der Waals surface area contributed by atoms with Crippen LogP contribution in [-0.4, -0.2) is 36.6 Å². The average Bonchev–Trinajstić information content (AvgIpc) is 2.36. The summed E-state index contributed by atoms with van der Waals surface area (Å²) in [5, 5.41) is 10.2. The Hall–Kier alpha value is -1.55. The van der Waals surface area contributed by atoms with Gasteiger partial charge >= 0.3 is 0 Å². The van der Waals surface area contributed by atoms with Crippen LogP contribution in [0.5, 0.6) is 5.75 Å². The Bertz CT molecular complexity index is 437. The molecule has 0 saturated carbocycles. The van der Waals surface area contributed by atoms with Gasteiger partial charge in [-0.15, -0.1) is 0 Å². The molecule has 0 heterocycles. The molecule has 1 amide bonds. The number of benzene rings is 1. The molecule has 1 atom stereocenters. The van der Waals surface area contributed by atoms with Crippen molar-refractivity contribution in [2.24, 2.45) is 5.41 Å². The first-order valence-electron chi connectivity index (χ1n) is 6.33. The van der Waals surface area contributed by atoms with Crippen LogP contribution in [-0.2, 0) is 4.79 Å². The van der Waals surface area contributed by atoms with Crippen molar-refractivity contribution < 1.29 is 14.6 Å². The number of ether oxygens (including phenoxy) is 1. The molecule has 0 aliphatic carbocycles.